The Morgan fingerprint density at radius 1 is 1.15 bits per heavy atom. The Balaban J connectivity index is 2.36. The van der Waals surface area contributed by atoms with Gasteiger partial charge in [0.1, 0.15) is 0 Å². The van der Waals surface area contributed by atoms with Crippen LogP contribution in [0, 0.1) is 0 Å². The Hall–Kier alpha value is -2.02. The SMILES string of the molecule is CCCCCCC(Nc1cccc(C(F)(F)F)c1)(C(N)=O)c1cccs1. The molecule has 3 N–H and O–H groups in total. The van der Waals surface area contributed by atoms with Crippen molar-refractivity contribution in [2.75, 3.05) is 5.32 Å². The van der Waals surface area contributed by atoms with Crippen molar-refractivity contribution in [3.8, 4) is 0 Å². The van der Waals surface area contributed by atoms with Crippen LogP contribution in [-0.4, -0.2) is 5.91 Å². The fourth-order valence-electron chi connectivity index (χ4n) is 2.91. The molecule has 1 amide bonds. The highest BCUT2D eigenvalue weighted by molar-refractivity contribution is 7.10. The number of anilines is 1. The lowest BCUT2D eigenvalue weighted by Gasteiger charge is -2.32. The van der Waals surface area contributed by atoms with Crippen LogP contribution in [0.3, 0.4) is 0 Å². The zero-order valence-electron chi connectivity index (χ0n) is 14.6. The van der Waals surface area contributed by atoms with Crippen molar-refractivity contribution in [2.24, 2.45) is 5.73 Å². The lowest BCUT2D eigenvalue weighted by molar-refractivity contribution is -0.137. The van der Waals surface area contributed by atoms with Crippen molar-refractivity contribution in [3.63, 3.8) is 0 Å². The summed E-state index contributed by atoms with van der Waals surface area (Å²) in [6, 6.07) is 8.45. The van der Waals surface area contributed by atoms with Crippen molar-refractivity contribution < 1.29 is 18.0 Å². The number of amides is 1. The molecule has 1 heterocycles. The molecule has 142 valence electrons. The van der Waals surface area contributed by atoms with Gasteiger partial charge in [-0.05, 0) is 36.1 Å². The summed E-state index contributed by atoms with van der Waals surface area (Å²) in [5, 5.41) is 4.85. The van der Waals surface area contributed by atoms with E-state index in [1.54, 1.807) is 12.1 Å². The number of nitrogens with two attached hydrogens (primary N) is 1. The maximum atomic E-state index is 13.0. The van der Waals surface area contributed by atoms with Crippen molar-refractivity contribution in [3.05, 3.63) is 52.2 Å². The van der Waals surface area contributed by atoms with Gasteiger partial charge >= 0.3 is 6.18 Å². The van der Waals surface area contributed by atoms with Crippen LogP contribution in [0.2, 0.25) is 0 Å². The molecule has 0 bridgehead atoms. The molecule has 26 heavy (non-hydrogen) atoms. The highest BCUT2D eigenvalue weighted by Gasteiger charge is 2.39. The van der Waals surface area contributed by atoms with E-state index in [0.29, 0.717) is 11.3 Å². The van der Waals surface area contributed by atoms with E-state index in [2.05, 4.69) is 12.2 Å². The number of unbranched alkanes of at least 4 members (excludes halogenated alkanes) is 3. The van der Waals surface area contributed by atoms with E-state index in [1.807, 2.05) is 5.38 Å². The Morgan fingerprint density at radius 2 is 1.92 bits per heavy atom. The highest BCUT2D eigenvalue weighted by atomic mass is 32.1. The van der Waals surface area contributed by atoms with E-state index in [4.69, 9.17) is 5.73 Å². The second-order valence-electron chi connectivity index (χ2n) is 6.26. The van der Waals surface area contributed by atoms with Crippen molar-refractivity contribution in [2.45, 2.75) is 50.7 Å². The molecule has 1 aromatic carbocycles. The van der Waals surface area contributed by atoms with Crippen LogP contribution in [0.25, 0.3) is 0 Å². The second-order valence-corrected chi connectivity index (χ2v) is 7.21. The lowest BCUT2D eigenvalue weighted by Crippen LogP contribution is -2.47. The zero-order chi connectivity index (χ0) is 19.2. The molecule has 1 atom stereocenters. The van der Waals surface area contributed by atoms with Gasteiger partial charge in [0.15, 0.2) is 5.54 Å². The molecule has 3 nitrogen and oxygen atoms in total. The van der Waals surface area contributed by atoms with Crippen LogP contribution in [0.1, 0.15) is 49.5 Å². The first-order valence-corrected chi connectivity index (χ1v) is 9.47. The topological polar surface area (TPSA) is 55.1 Å². The normalized spacial score (nSPS) is 14.0. The van der Waals surface area contributed by atoms with E-state index in [-0.39, 0.29) is 5.69 Å². The standard InChI is InChI=1S/C19H23F3N2OS/c1-2-3-4-5-11-18(17(23)25,16-10-7-12-26-16)24-15-9-6-8-14(13-15)19(20,21)22/h6-10,12-13,24H,2-5,11H2,1H3,(H2,23,25). The van der Waals surface area contributed by atoms with Gasteiger partial charge in [0.2, 0.25) is 5.91 Å². The first kappa shape index (κ1) is 20.3. The molecular weight excluding hydrogens is 361 g/mol. The summed E-state index contributed by atoms with van der Waals surface area (Å²) in [6.07, 6.45) is -0.259. The summed E-state index contributed by atoms with van der Waals surface area (Å²) in [4.78, 5) is 13.1. The van der Waals surface area contributed by atoms with Crippen molar-refractivity contribution in [1.29, 1.82) is 0 Å². The Bertz CT molecular complexity index is 716. The average molecular weight is 384 g/mol. The van der Waals surface area contributed by atoms with Crippen LogP contribution in [0.5, 0.6) is 0 Å². The molecule has 0 aliphatic heterocycles. The molecule has 0 fully saturated rings. The predicted octanol–water partition coefficient (Wildman–Crippen LogP) is 5.53. The summed E-state index contributed by atoms with van der Waals surface area (Å²) in [5.41, 5.74) is 3.98. The van der Waals surface area contributed by atoms with Crippen LogP contribution in [0.4, 0.5) is 18.9 Å². The van der Waals surface area contributed by atoms with E-state index < -0.39 is 23.2 Å². The van der Waals surface area contributed by atoms with E-state index in [9.17, 15) is 18.0 Å². The van der Waals surface area contributed by atoms with E-state index in [1.165, 1.54) is 23.5 Å². The van der Waals surface area contributed by atoms with Crippen LogP contribution >= 0.6 is 11.3 Å². The van der Waals surface area contributed by atoms with Gasteiger partial charge in [-0.2, -0.15) is 13.2 Å². The van der Waals surface area contributed by atoms with Gasteiger partial charge in [-0.3, -0.25) is 4.79 Å². The molecule has 0 saturated heterocycles. The van der Waals surface area contributed by atoms with E-state index in [0.717, 1.165) is 37.8 Å². The van der Waals surface area contributed by atoms with Gasteiger partial charge in [-0.1, -0.05) is 44.7 Å². The monoisotopic (exact) mass is 384 g/mol. The number of alkyl halides is 3. The first-order valence-electron chi connectivity index (χ1n) is 8.59. The van der Waals surface area contributed by atoms with Gasteiger partial charge in [-0.25, -0.2) is 0 Å². The maximum Gasteiger partial charge on any atom is 0.416 e. The average Bonchev–Trinajstić information content (AvgIpc) is 3.12. The number of carbonyl (C=O) groups excluding carboxylic acids is 1. The number of hydrogen-bond acceptors (Lipinski definition) is 3. The fourth-order valence-corrected chi connectivity index (χ4v) is 3.83. The third-order valence-corrected chi connectivity index (χ3v) is 5.35. The fraction of sp³-hybridized carbons (Fsp3) is 0.421. The number of carbonyl (C=O) groups is 1. The summed E-state index contributed by atoms with van der Waals surface area (Å²) < 4.78 is 39.0. The summed E-state index contributed by atoms with van der Waals surface area (Å²) in [5.74, 6) is -0.589. The third kappa shape index (κ3) is 4.78. The number of rotatable bonds is 9. The van der Waals surface area contributed by atoms with Crippen LogP contribution in [0.15, 0.2) is 41.8 Å². The molecule has 2 aromatic rings. The smallest absolute Gasteiger partial charge is 0.367 e. The Labute approximate surface area is 155 Å². The quantitative estimate of drug-likeness (QED) is 0.559. The zero-order valence-corrected chi connectivity index (χ0v) is 15.4. The molecule has 0 aliphatic rings. The number of benzene rings is 1. The summed E-state index contributed by atoms with van der Waals surface area (Å²) >= 11 is 1.37. The van der Waals surface area contributed by atoms with Gasteiger partial charge in [0.25, 0.3) is 0 Å². The molecular formula is C19H23F3N2OS. The lowest BCUT2D eigenvalue weighted by atomic mass is 9.88. The highest BCUT2D eigenvalue weighted by Crippen LogP contribution is 2.37. The second kappa shape index (κ2) is 8.58. The van der Waals surface area contributed by atoms with Crippen LogP contribution < -0.4 is 11.1 Å². The minimum absolute atomic E-state index is 0.225. The number of halogens is 3. The third-order valence-electron chi connectivity index (χ3n) is 4.32. The Morgan fingerprint density at radius 3 is 2.50 bits per heavy atom. The van der Waals surface area contributed by atoms with Gasteiger partial charge in [0.05, 0.1) is 5.56 Å². The predicted molar refractivity (Wildman–Crippen MR) is 99.0 cm³/mol. The molecule has 0 spiro atoms. The first-order chi connectivity index (χ1) is 12.3. The minimum atomic E-state index is -4.45. The summed E-state index contributed by atoms with van der Waals surface area (Å²) in [6.45, 7) is 2.08. The molecule has 1 unspecified atom stereocenters. The Kier molecular flexibility index (Phi) is 6.69. The number of thiophene rings is 1. The van der Waals surface area contributed by atoms with Crippen LogP contribution in [-0.2, 0) is 16.5 Å². The number of nitrogens with one attached hydrogen (secondary N) is 1. The van der Waals surface area contributed by atoms with Gasteiger partial charge < -0.3 is 11.1 Å². The number of hydrogen-bond donors (Lipinski definition) is 2. The van der Waals surface area contributed by atoms with Gasteiger partial charge in [-0.15, -0.1) is 11.3 Å². The molecule has 0 saturated carbocycles. The largest absolute Gasteiger partial charge is 0.416 e. The molecule has 0 radical (unpaired) electrons. The minimum Gasteiger partial charge on any atom is -0.367 e. The van der Waals surface area contributed by atoms with Crippen molar-refractivity contribution in [1.82, 2.24) is 0 Å². The maximum absolute atomic E-state index is 13.0. The molecule has 2 rings (SSSR count). The molecule has 1 aromatic heterocycles. The summed E-state index contributed by atoms with van der Waals surface area (Å²) in [7, 11) is 0. The molecule has 0 aliphatic carbocycles. The van der Waals surface area contributed by atoms with E-state index >= 15 is 0 Å². The van der Waals surface area contributed by atoms with Gasteiger partial charge in [0, 0.05) is 10.6 Å². The number of primary amides is 1. The van der Waals surface area contributed by atoms with Crippen molar-refractivity contribution >= 4 is 22.9 Å². The molecule has 7 heteroatoms.